The Labute approximate surface area is 229 Å². The van der Waals surface area contributed by atoms with Crippen LogP contribution in [0.3, 0.4) is 0 Å². The quantitative estimate of drug-likeness (QED) is 0.120. The van der Waals surface area contributed by atoms with Gasteiger partial charge in [-0.05, 0) is 51.6 Å². The zero-order chi connectivity index (χ0) is 28.5. The summed E-state index contributed by atoms with van der Waals surface area (Å²) in [5.41, 5.74) is -0.820. The largest absolute Gasteiger partial charge is 0.458 e. The third-order valence-electron chi connectivity index (χ3n) is 5.53. The number of ketones is 1. The van der Waals surface area contributed by atoms with Gasteiger partial charge >= 0.3 is 5.97 Å². The van der Waals surface area contributed by atoms with Gasteiger partial charge < -0.3 is 14.2 Å². The molecule has 6 nitrogen and oxygen atoms in total. The van der Waals surface area contributed by atoms with Crippen LogP contribution < -0.4 is 0 Å². The van der Waals surface area contributed by atoms with Gasteiger partial charge in [-0.2, -0.15) is 0 Å². The number of halogens is 3. The molecule has 0 heterocycles. The van der Waals surface area contributed by atoms with Crippen LogP contribution in [0.15, 0.2) is 42.5 Å². The smallest absolute Gasteiger partial charge is 0.329 e. The number of carbonyl (C=O) groups excluding carboxylic acids is 3. The molecule has 0 saturated heterocycles. The minimum absolute atomic E-state index is 0.0296. The zero-order valence-corrected chi connectivity index (χ0v) is 24.1. The van der Waals surface area contributed by atoms with Crippen molar-refractivity contribution in [3.05, 3.63) is 70.2 Å². The molecule has 0 fully saturated rings. The van der Waals surface area contributed by atoms with Crippen molar-refractivity contribution in [3.63, 3.8) is 0 Å². The van der Waals surface area contributed by atoms with Crippen LogP contribution in [-0.4, -0.2) is 59.7 Å². The highest BCUT2D eigenvalue weighted by atomic mass is 35.5. The molecule has 0 aliphatic heterocycles. The van der Waals surface area contributed by atoms with Crippen molar-refractivity contribution in [1.29, 1.82) is 0 Å². The van der Waals surface area contributed by atoms with Gasteiger partial charge in [-0.25, -0.2) is 13.6 Å². The highest BCUT2D eigenvalue weighted by Gasteiger charge is 2.35. The van der Waals surface area contributed by atoms with E-state index in [-0.39, 0.29) is 24.2 Å². The van der Waals surface area contributed by atoms with E-state index < -0.39 is 61.1 Å². The molecule has 0 aliphatic rings. The lowest BCUT2D eigenvalue weighted by Gasteiger charge is -2.33. The molecule has 0 radical (unpaired) electrons. The molecule has 0 bridgehead atoms. The second-order valence-electron chi connectivity index (χ2n) is 9.59. The second-order valence-corrected chi connectivity index (χ2v) is 12.2. The van der Waals surface area contributed by atoms with E-state index in [1.54, 1.807) is 20.8 Å². The summed E-state index contributed by atoms with van der Waals surface area (Å²) in [5, 5.41) is -0.385. The molecule has 2 aromatic rings. The first-order valence-electron chi connectivity index (χ1n) is 12.5. The summed E-state index contributed by atoms with van der Waals surface area (Å²) in [4.78, 5) is 41.2. The number of benzene rings is 2. The minimum atomic E-state index is -1.16. The van der Waals surface area contributed by atoms with E-state index in [4.69, 9.17) is 20.9 Å². The predicted octanol–water partition coefficient (Wildman–Crippen LogP) is 6.43. The summed E-state index contributed by atoms with van der Waals surface area (Å²) in [6.07, 6.45) is 0.360. The summed E-state index contributed by atoms with van der Waals surface area (Å²) in [7, 11) is -1.11. The maximum atomic E-state index is 14.5. The van der Waals surface area contributed by atoms with Gasteiger partial charge in [0.25, 0.3) is 0 Å². The molecule has 2 unspecified atom stereocenters. The molecule has 0 aromatic heterocycles. The van der Waals surface area contributed by atoms with Crippen LogP contribution in [-0.2, 0) is 25.3 Å². The lowest BCUT2D eigenvalue weighted by molar-refractivity contribution is -0.164. The van der Waals surface area contributed by atoms with Gasteiger partial charge in [0.1, 0.15) is 17.5 Å². The van der Waals surface area contributed by atoms with Crippen molar-refractivity contribution in [2.75, 3.05) is 25.5 Å². The number of amides is 1. The highest BCUT2D eigenvalue weighted by molar-refractivity contribution is 7.53. The van der Waals surface area contributed by atoms with Crippen LogP contribution in [0.2, 0.25) is 5.02 Å². The molecule has 2 atom stereocenters. The molecule has 0 N–H and O–H groups in total. The van der Waals surface area contributed by atoms with Crippen molar-refractivity contribution in [3.8, 4) is 0 Å². The van der Waals surface area contributed by atoms with Crippen molar-refractivity contribution >= 4 is 37.4 Å². The predicted molar refractivity (Wildman–Crippen MR) is 146 cm³/mol. The molecule has 38 heavy (non-hydrogen) atoms. The maximum Gasteiger partial charge on any atom is 0.329 e. The van der Waals surface area contributed by atoms with E-state index >= 15 is 0 Å². The number of hydrogen-bond acceptors (Lipinski definition) is 5. The SMILES string of the molecule is CCOP(CC)CC(=O)N(CCC(=O)c1c(F)ccc(Cl)c1F)C(Cc1ccccc1)C(=O)OC(C)(C)C. The van der Waals surface area contributed by atoms with Crippen molar-refractivity contribution in [2.45, 2.75) is 59.1 Å². The van der Waals surface area contributed by atoms with Crippen molar-refractivity contribution in [2.24, 2.45) is 0 Å². The van der Waals surface area contributed by atoms with E-state index in [1.807, 2.05) is 44.2 Å². The second kappa shape index (κ2) is 14.7. The number of ether oxygens (including phenoxy) is 1. The van der Waals surface area contributed by atoms with Gasteiger partial charge in [-0.1, -0.05) is 48.9 Å². The fourth-order valence-corrected chi connectivity index (χ4v) is 5.29. The normalized spacial score (nSPS) is 13.1. The molecule has 0 aliphatic carbocycles. The van der Waals surface area contributed by atoms with Gasteiger partial charge in [-0.3, -0.25) is 9.59 Å². The molecule has 2 aromatic carbocycles. The van der Waals surface area contributed by atoms with E-state index in [0.717, 1.165) is 17.7 Å². The molecule has 208 valence electrons. The van der Waals surface area contributed by atoms with Gasteiger partial charge in [0.15, 0.2) is 11.6 Å². The Morgan fingerprint density at radius 2 is 1.71 bits per heavy atom. The Morgan fingerprint density at radius 1 is 1.05 bits per heavy atom. The van der Waals surface area contributed by atoms with Crippen LogP contribution >= 0.6 is 19.7 Å². The monoisotopic (exact) mass is 569 g/mol. The molecular formula is C28H35ClF2NO5P. The van der Waals surface area contributed by atoms with Crippen molar-refractivity contribution in [1.82, 2.24) is 4.90 Å². The first kappa shape index (κ1) is 31.8. The number of esters is 1. The van der Waals surface area contributed by atoms with Crippen LogP contribution in [0, 0.1) is 11.6 Å². The van der Waals surface area contributed by atoms with Crippen LogP contribution in [0.5, 0.6) is 0 Å². The Morgan fingerprint density at radius 3 is 2.29 bits per heavy atom. The van der Waals surface area contributed by atoms with E-state index in [1.165, 1.54) is 4.90 Å². The molecule has 1 amide bonds. The third kappa shape index (κ3) is 9.40. The number of rotatable bonds is 13. The van der Waals surface area contributed by atoms with Gasteiger partial charge in [0, 0.05) is 34.1 Å². The fourth-order valence-electron chi connectivity index (χ4n) is 3.78. The van der Waals surface area contributed by atoms with Crippen molar-refractivity contribution < 1.29 is 32.4 Å². The fraction of sp³-hybridized carbons (Fsp3) is 0.464. The first-order valence-corrected chi connectivity index (χ1v) is 14.5. The highest BCUT2D eigenvalue weighted by Crippen LogP contribution is 2.36. The summed E-state index contributed by atoms with van der Waals surface area (Å²) >= 11 is 5.76. The third-order valence-corrected chi connectivity index (χ3v) is 7.77. The summed E-state index contributed by atoms with van der Waals surface area (Å²) in [5.74, 6) is -4.12. The first-order chi connectivity index (χ1) is 17.9. The standard InChI is InChI=1S/C28H35ClF2NO5P/c1-6-36-38(7-2)18-24(34)32(16-15-23(33)25-21(30)14-13-20(29)26(25)31)22(27(35)37-28(3,4)5)17-19-11-9-8-10-12-19/h8-14,22H,6-7,15-18H2,1-5H3. The Hall–Kier alpha value is -2.41. The Balaban J connectivity index is 2.44. The van der Waals surface area contributed by atoms with E-state index in [2.05, 4.69) is 0 Å². The number of Topliss-reactive ketones (excluding diaryl/α,β-unsaturated/α-hetero) is 1. The number of carbonyl (C=O) groups is 3. The van der Waals surface area contributed by atoms with E-state index in [0.29, 0.717) is 12.8 Å². The number of hydrogen-bond donors (Lipinski definition) is 0. The van der Waals surface area contributed by atoms with Gasteiger partial charge in [0.05, 0.1) is 16.7 Å². The van der Waals surface area contributed by atoms with E-state index in [9.17, 15) is 23.2 Å². The van der Waals surface area contributed by atoms with Crippen LogP contribution in [0.4, 0.5) is 8.78 Å². The van der Waals surface area contributed by atoms with Crippen LogP contribution in [0.25, 0.3) is 0 Å². The van der Waals surface area contributed by atoms with Gasteiger partial charge in [0.2, 0.25) is 5.91 Å². The molecule has 0 saturated carbocycles. The summed E-state index contributed by atoms with van der Waals surface area (Å²) in [6, 6.07) is 9.97. The Kier molecular flexibility index (Phi) is 12.3. The Bertz CT molecular complexity index is 1110. The lowest BCUT2D eigenvalue weighted by Crippen LogP contribution is -2.50. The average molecular weight is 570 g/mol. The molecule has 10 heteroatoms. The zero-order valence-electron chi connectivity index (χ0n) is 22.4. The summed E-state index contributed by atoms with van der Waals surface area (Å²) in [6.45, 7) is 9.07. The van der Waals surface area contributed by atoms with Gasteiger partial charge in [-0.15, -0.1) is 0 Å². The average Bonchev–Trinajstić information content (AvgIpc) is 2.85. The summed E-state index contributed by atoms with van der Waals surface area (Å²) < 4.78 is 40.2. The number of nitrogens with zero attached hydrogens (tertiary/aromatic N) is 1. The minimum Gasteiger partial charge on any atom is -0.458 e. The lowest BCUT2D eigenvalue weighted by atomic mass is 10.0. The molecular weight excluding hydrogens is 535 g/mol. The van der Waals surface area contributed by atoms with Crippen LogP contribution in [0.1, 0.15) is 57.0 Å². The maximum absolute atomic E-state index is 14.5. The topological polar surface area (TPSA) is 72.9 Å². The molecule has 2 rings (SSSR count). The molecule has 0 spiro atoms.